The van der Waals surface area contributed by atoms with Gasteiger partial charge in [-0.15, -0.1) is 0 Å². The largest absolute Gasteiger partial charge is 0.416 e. The SMILES string of the molecule is CCNC(=O)C(C)N(Cc1ccccc1)C(=O)CN(c1cc(C(F)(F)F)ccc1Cl)S(C)(=O)=O. The Balaban J connectivity index is 2.48. The van der Waals surface area contributed by atoms with Crippen molar-refractivity contribution in [1.29, 1.82) is 0 Å². The molecule has 7 nitrogen and oxygen atoms in total. The number of anilines is 1. The van der Waals surface area contributed by atoms with E-state index in [1.807, 2.05) is 0 Å². The summed E-state index contributed by atoms with van der Waals surface area (Å²) in [6.45, 7) is 2.62. The number of nitrogens with one attached hydrogen (secondary N) is 1. The Labute approximate surface area is 201 Å². The number of alkyl halides is 3. The molecular weight excluding hydrogens is 495 g/mol. The van der Waals surface area contributed by atoms with E-state index in [0.717, 1.165) is 12.3 Å². The molecule has 0 fully saturated rings. The van der Waals surface area contributed by atoms with Crippen LogP contribution in [0.5, 0.6) is 0 Å². The van der Waals surface area contributed by atoms with Gasteiger partial charge in [0.25, 0.3) is 0 Å². The van der Waals surface area contributed by atoms with Crippen molar-refractivity contribution < 1.29 is 31.2 Å². The first-order chi connectivity index (χ1) is 15.8. The molecule has 2 amide bonds. The molecular formula is C22H25ClF3N3O4S. The fraction of sp³-hybridized carbons (Fsp3) is 0.364. The highest BCUT2D eigenvalue weighted by Crippen LogP contribution is 2.36. The molecule has 0 aliphatic carbocycles. The Bertz CT molecular complexity index is 1130. The predicted molar refractivity (Wildman–Crippen MR) is 124 cm³/mol. The number of rotatable bonds is 9. The molecule has 34 heavy (non-hydrogen) atoms. The second kappa shape index (κ2) is 11.1. The van der Waals surface area contributed by atoms with E-state index in [4.69, 9.17) is 11.6 Å². The molecule has 1 unspecified atom stereocenters. The van der Waals surface area contributed by atoms with Crippen molar-refractivity contribution in [2.75, 3.05) is 23.7 Å². The fourth-order valence-corrected chi connectivity index (χ4v) is 4.28. The standard InChI is InChI=1S/C22H25ClF3N3O4S/c1-4-27-21(31)15(2)28(13-16-8-6-5-7-9-16)20(30)14-29(34(3,32)33)19-12-17(22(24,25)26)10-11-18(19)23/h5-12,15H,4,13-14H2,1-3H3,(H,27,31). The Kier molecular flexibility index (Phi) is 8.96. The van der Waals surface area contributed by atoms with Gasteiger partial charge in [0.1, 0.15) is 12.6 Å². The molecule has 0 radical (unpaired) electrons. The van der Waals surface area contributed by atoms with Gasteiger partial charge in [0.15, 0.2) is 0 Å². The summed E-state index contributed by atoms with van der Waals surface area (Å²) >= 11 is 6.03. The van der Waals surface area contributed by atoms with E-state index in [1.165, 1.54) is 11.8 Å². The maximum Gasteiger partial charge on any atom is 0.416 e. The number of halogens is 4. The minimum absolute atomic E-state index is 0.0219. The first-order valence-corrected chi connectivity index (χ1v) is 12.4. The van der Waals surface area contributed by atoms with Crippen LogP contribution in [-0.4, -0.2) is 50.5 Å². The number of benzene rings is 2. The number of amides is 2. The van der Waals surface area contributed by atoms with E-state index in [9.17, 15) is 31.2 Å². The van der Waals surface area contributed by atoms with Crippen LogP contribution < -0.4 is 9.62 Å². The van der Waals surface area contributed by atoms with Crippen LogP contribution in [0.25, 0.3) is 0 Å². The second-order valence-corrected chi connectivity index (χ2v) is 9.83. The Morgan fingerprint density at radius 3 is 2.26 bits per heavy atom. The molecule has 2 rings (SSSR count). The molecule has 0 aromatic heterocycles. The fourth-order valence-electron chi connectivity index (χ4n) is 3.16. The van der Waals surface area contributed by atoms with Crippen LogP contribution in [0.1, 0.15) is 25.0 Å². The van der Waals surface area contributed by atoms with Crippen LogP contribution in [0, 0.1) is 0 Å². The van der Waals surface area contributed by atoms with E-state index in [2.05, 4.69) is 5.32 Å². The van der Waals surface area contributed by atoms with Crippen LogP contribution in [0.2, 0.25) is 5.02 Å². The normalized spacial score (nSPS) is 12.7. The van der Waals surface area contributed by atoms with Gasteiger partial charge in [-0.25, -0.2) is 8.42 Å². The van der Waals surface area contributed by atoms with Crippen LogP contribution in [0.4, 0.5) is 18.9 Å². The number of hydrogen-bond donors (Lipinski definition) is 1. The number of likely N-dealkylation sites (N-methyl/N-ethyl adjacent to an activating group) is 1. The lowest BCUT2D eigenvalue weighted by Gasteiger charge is -2.31. The lowest BCUT2D eigenvalue weighted by molar-refractivity contribution is -0.139. The average Bonchev–Trinajstić information content (AvgIpc) is 2.75. The maximum absolute atomic E-state index is 13.3. The Morgan fingerprint density at radius 1 is 1.12 bits per heavy atom. The third-order valence-corrected chi connectivity index (χ3v) is 6.38. The third kappa shape index (κ3) is 7.10. The van der Waals surface area contributed by atoms with Gasteiger partial charge in [-0.1, -0.05) is 41.9 Å². The number of carbonyl (C=O) groups is 2. The molecule has 2 aromatic rings. The number of sulfonamides is 1. The molecule has 186 valence electrons. The average molecular weight is 520 g/mol. The minimum Gasteiger partial charge on any atom is -0.355 e. The van der Waals surface area contributed by atoms with Gasteiger partial charge in [-0.2, -0.15) is 13.2 Å². The molecule has 0 spiro atoms. The van der Waals surface area contributed by atoms with Crippen molar-refractivity contribution in [3.8, 4) is 0 Å². The number of nitrogens with zero attached hydrogens (tertiary/aromatic N) is 2. The van der Waals surface area contributed by atoms with Gasteiger partial charge in [-0.3, -0.25) is 13.9 Å². The molecule has 0 aliphatic rings. The predicted octanol–water partition coefficient (Wildman–Crippen LogP) is 3.68. The molecule has 1 N–H and O–H groups in total. The molecule has 2 aromatic carbocycles. The highest BCUT2D eigenvalue weighted by Gasteiger charge is 2.34. The quantitative estimate of drug-likeness (QED) is 0.547. The van der Waals surface area contributed by atoms with Gasteiger partial charge >= 0.3 is 6.18 Å². The smallest absolute Gasteiger partial charge is 0.355 e. The van der Waals surface area contributed by atoms with Crippen molar-refractivity contribution >= 4 is 39.1 Å². The van der Waals surface area contributed by atoms with E-state index < -0.39 is 51.9 Å². The maximum atomic E-state index is 13.3. The Hall–Kier alpha value is -2.79. The summed E-state index contributed by atoms with van der Waals surface area (Å²) in [6.07, 6.45) is -4.00. The van der Waals surface area contributed by atoms with Crippen molar-refractivity contribution in [3.63, 3.8) is 0 Å². The number of carbonyl (C=O) groups excluding carboxylic acids is 2. The van der Waals surface area contributed by atoms with E-state index in [1.54, 1.807) is 37.3 Å². The lowest BCUT2D eigenvalue weighted by atomic mass is 10.1. The third-order valence-electron chi connectivity index (χ3n) is 4.94. The summed E-state index contributed by atoms with van der Waals surface area (Å²) in [5.41, 5.74) is -0.933. The van der Waals surface area contributed by atoms with Gasteiger partial charge in [0.2, 0.25) is 21.8 Å². The summed E-state index contributed by atoms with van der Waals surface area (Å²) in [7, 11) is -4.23. The van der Waals surface area contributed by atoms with Crippen molar-refractivity contribution in [2.24, 2.45) is 0 Å². The lowest BCUT2D eigenvalue weighted by Crippen LogP contribution is -2.51. The summed E-state index contributed by atoms with van der Waals surface area (Å²) < 4.78 is 65.2. The van der Waals surface area contributed by atoms with Gasteiger partial charge in [-0.05, 0) is 37.6 Å². The molecule has 0 saturated heterocycles. The zero-order valence-electron chi connectivity index (χ0n) is 18.8. The van der Waals surface area contributed by atoms with Crippen molar-refractivity contribution in [2.45, 2.75) is 32.6 Å². The van der Waals surface area contributed by atoms with Gasteiger partial charge in [0.05, 0.1) is 22.5 Å². The molecule has 0 saturated carbocycles. The van der Waals surface area contributed by atoms with Gasteiger partial charge in [0, 0.05) is 13.1 Å². The zero-order valence-corrected chi connectivity index (χ0v) is 20.3. The van der Waals surface area contributed by atoms with Gasteiger partial charge < -0.3 is 10.2 Å². The molecule has 0 aliphatic heterocycles. The minimum atomic E-state index is -4.75. The van der Waals surface area contributed by atoms with Crippen LogP contribution in [0.15, 0.2) is 48.5 Å². The topological polar surface area (TPSA) is 86.8 Å². The first-order valence-electron chi connectivity index (χ1n) is 10.2. The second-order valence-electron chi connectivity index (χ2n) is 7.51. The summed E-state index contributed by atoms with van der Waals surface area (Å²) in [5, 5.41) is 2.32. The van der Waals surface area contributed by atoms with E-state index >= 15 is 0 Å². The van der Waals surface area contributed by atoms with E-state index in [-0.39, 0.29) is 11.6 Å². The summed E-state index contributed by atoms with van der Waals surface area (Å²) in [6, 6.07) is 9.92. The molecule has 12 heteroatoms. The van der Waals surface area contributed by atoms with E-state index in [0.29, 0.717) is 28.5 Å². The monoisotopic (exact) mass is 519 g/mol. The van der Waals surface area contributed by atoms with Crippen LogP contribution >= 0.6 is 11.6 Å². The first kappa shape index (κ1) is 27.5. The molecule has 1 atom stereocenters. The Morgan fingerprint density at radius 2 is 1.74 bits per heavy atom. The zero-order chi connectivity index (χ0) is 25.7. The molecule has 0 bridgehead atoms. The van der Waals surface area contributed by atoms with Crippen LogP contribution in [-0.2, 0) is 32.3 Å². The summed E-state index contributed by atoms with van der Waals surface area (Å²) in [5.74, 6) is -1.25. The highest BCUT2D eigenvalue weighted by molar-refractivity contribution is 7.92. The summed E-state index contributed by atoms with van der Waals surface area (Å²) in [4.78, 5) is 26.9. The van der Waals surface area contributed by atoms with Crippen molar-refractivity contribution in [1.82, 2.24) is 10.2 Å². The van der Waals surface area contributed by atoms with Crippen LogP contribution in [0.3, 0.4) is 0 Å². The van der Waals surface area contributed by atoms with Crippen molar-refractivity contribution in [3.05, 3.63) is 64.7 Å². The highest BCUT2D eigenvalue weighted by atomic mass is 35.5. The number of hydrogen-bond acceptors (Lipinski definition) is 4. The molecule has 0 heterocycles.